The molecule has 1 saturated heterocycles. The predicted molar refractivity (Wildman–Crippen MR) is 86.4 cm³/mol. The Kier molecular flexibility index (Phi) is 4.86. The van der Waals surface area contributed by atoms with Crippen LogP contribution in [-0.2, 0) is 13.0 Å². The van der Waals surface area contributed by atoms with Gasteiger partial charge >= 0.3 is 0 Å². The first-order valence-electron chi connectivity index (χ1n) is 7.70. The number of aryl methyl sites for hydroxylation is 1. The zero-order chi connectivity index (χ0) is 15.5. The van der Waals surface area contributed by atoms with E-state index in [4.69, 9.17) is 0 Å². The van der Waals surface area contributed by atoms with Crippen molar-refractivity contribution in [3.05, 3.63) is 51.7 Å². The normalized spacial score (nSPS) is 22.9. The molecule has 2 atom stereocenters. The zero-order valence-corrected chi connectivity index (χ0v) is 13.5. The Morgan fingerprint density at radius 1 is 1.41 bits per heavy atom. The van der Waals surface area contributed by atoms with Gasteiger partial charge in [-0.2, -0.15) is 0 Å². The SMILES string of the molecule is Cc1nc(CN2CCC[C@H](O)[C@@H]2Cc2ccccc2F)cs1. The molecule has 0 unspecified atom stereocenters. The fourth-order valence-corrected chi connectivity index (χ4v) is 3.75. The molecular formula is C17H21FN2OS. The fraction of sp³-hybridized carbons (Fsp3) is 0.471. The number of benzene rings is 1. The Labute approximate surface area is 134 Å². The molecule has 1 aliphatic heterocycles. The molecule has 1 N–H and O–H groups in total. The van der Waals surface area contributed by atoms with Crippen LogP contribution in [0.3, 0.4) is 0 Å². The lowest BCUT2D eigenvalue weighted by molar-refractivity contribution is 0.00589. The summed E-state index contributed by atoms with van der Waals surface area (Å²) in [6, 6.07) is 6.79. The molecule has 3 rings (SSSR count). The molecule has 5 heteroatoms. The van der Waals surface area contributed by atoms with E-state index < -0.39 is 6.10 Å². The van der Waals surface area contributed by atoms with Crippen molar-refractivity contribution >= 4 is 11.3 Å². The van der Waals surface area contributed by atoms with E-state index in [0.29, 0.717) is 12.0 Å². The molecule has 1 fully saturated rings. The maximum Gasteiger partial charge on any atom is 0.126 e. The second-order valence-corrected chi connectivity index (χ2v) is 6.96. The third-order valence-electron chi connectivity index (χ3n) is 4.28. The van der Waals surface area contributed by atoms with E-state index in [1.165, 1.54) is 6.07 Å². The fourth-order valence-electron chi connectivity index (χ4n) is 3.14. The van der Waals surface area contributed by atoms with Crippen LogP contribution in [0.15, 0.2) is 29.6 Å². The quantitative estimate of drug-likeness (QED) is 0.940. The molecule has 22 heavy (non-hydrogen) atoms. The number of aliphatic hydroxyl groups excluding tert-OH is 1. The van der Waals surface area contributed by atoms with Crippen LogP contribution in [-0.4, -0.2) is 33.7 Å². The monoisotopic (exact) mass is 320 g/mol. The molecule has 0 bridgehead atoms. The molecule has 0 spiro atoms. The summed E-state index contributed by atoms with van der Waals surface area (Å²) in [4.78, 5) is 6.76. The lowest BCUT2D eigenvalue weighted by Gasteiger charge is -2.39. The highest BCUT2D eigenvalue weighted by molar-refractivity contribution is 7.09. The highest BCUT2D eigenvalue weighted by atomic mass is 32.1. The molecule has 3 nitrogen and oxygen atoms in total. The number of hydrogen-bond acceptors (Lipinski definition) is 4. The van der Waals surface area contributed by atoms with Crippen molar-refractivity contribution in [3.8, 4) is 0 Å². The molecule has 1 aliphatic rings. The van der Waals surface area contributed by atoms with Crippen LogP contribution in [0.4, 0.5) is 4.39 Å². The number of piperidine rings is 1. The van der Waals surface area contributed by atoms with E-state index >= 15 is 0 Å². The number of likely N-dealkylation sites (tertiary alicyclic amines) is 1. The standard InChI is InChI=1S/C17H21FN2OS/c1-12-19-14(11-22-12)10-20-8-4-7-17(21)16(20)9-13-5-2-3-6-15(13)18/h2-3,5-6,11,16-17,21H,4,7-10H2,1H3/t16-,17-/m0/s1. The van der Waals surface area contributed by atoms with Gasteiger partial charge in [-0.3, -0.25) is 4.90 Å². The minimum atomic E-state index is -0.409. The molecule has 0 radical (unpaired) electrons. The maximum absolute atomic E-state index is 13.9. The van der Waals surface area contributed by atoms with Crippen LogP contribution < -0.4 is 0 Å². The number of rotatable bonds is 4. The van der Waals surface area contributed by atoms with Gasteiger partial charge < -0.3 is 5.11 Å². The van der Waals surface area contributed by atoms with Crippen molar-refractivity contribution in [1.29, 1.82) is 0 Å². The Balaban J connectivity index is 1.76. The molecule has 118 valence electrons. The number of thiazole rings is 1. The van der Waals surface area contributed by atoms with Gasteiger partial charge in [0.05, 0.1) is 16.8 Å². The van der Waals surface area contributed by atoms with Crippen LogP contribution >= 0.6 is 11.3 Å². The molecule has 0 saturated carbocycles. The average Bonchev–Trinajstić information content (AvgIpc) is 2.90. The Morgan fingerprint density at radius 2 is 2.23 bits per heavy atom. The lowest BCUT2D eigenvalue weighted by Crippen LogP contribution is -2.49. The van der Waals surface area contributed by atoms with Gasteiger partial charge in [0.2, 0.25) is 0 Å². The Morgan fingerprint density at radius 3 is 2.95 bits per heavy atom. The number of nitrogens with zero attached hydrogens (tertiary/aromatic N) is 2. The first-order chi connectivity index (χ1) is 10.6. The summed E-state index contributed by atoms with van der Waals surface area (Å²) in [6.07, 6.45) is 1.88. The van der Waals surface area contributed by atoms with Gasteiger partial charge in [0.1, 0.15) is 5.82 Å². The van der Waals surface area contributed by atoms with Crippen molar-refractivity contribution in [1.82, 2.24) is 9.88 Å². The number of hydrogen-bond donors (Lipinski definition) is 1. The van der Waals surface area contributed by atoms with Crippen molar-refractivity contribution < 1.29 is 9.50 Å². The Hall–Kier alpha value is -1.30. The summed E-state index contributed by atoms with van der Waals surface area (Å²) in [6.45, 7) is 3.64. The average molecular weight is 320 g/mol. The third-order valence-corrected chi connectivity index (χ3v) is 5.10. The van der Waals surface area contributed by atoms with Gasteiger partial charge in [0.15, 0.2) is 0 Å². The van der Waals surface area contributed by atoms with Crippen molar-refractivity contribution in [2.45, 2.75) is 44.9 Å². The lowest BCUT2D eigenvalue weighted by atomic mass is 9.92. The molecule has 0 aliphatic carbocycles. The highest BCUT2D eigenvalue weighted by Gasteiger charge is 2.31. The molecule has 0 amide bonds. The van der Waals surface area contributed by atoms with Crippen molar-refractivity contribution in [2.75, 3.05) is 6.54 Å². The van der Waals surface area contributed by atoms with Gasteiger partial charge in [0, 0.05) is 18.0 Å². The molecule has 1 aromatic heterocycles. The predicted octanol–water partition coefficient (Wildman–Crippen LogP) is 3.16. The summed E-state index contributed by atoms with van der Waals surface area (Å²) in [7, 11) is 0. The largest absolute Gasteiger partial charge is 0.391 e. The zero-order valence-electron chi connectivity index (χ0n) is 12.7. The topological polar surface area (TPSA) is 36.4 Å². The number of aliphatic hydroxyl groups is 1. The van der Waals surface area contributed by atoms with Gasteiger partial charge in [-0.25, -0.2) is 9.37 Å². The summed E-state index contributed by atoms with van der Waals surface area (Å²) in [5.41, 5.74) is 1.71. The smallest absolute Gasteiger partial charge is 0.126 e. The van der Waals surface area contributed by atoms with E-state index in [1.807, 2.05) is 19.1 Å². The first kappa shape index (κ1) is 15.6. The molecule has 1 aromatic carbocycles. The van der Waals surface area contributed by atoms with E-state index in [0.717, 1.165) is 36.6 Å². The summed E-state index contributed by atoms with van der Waals surface area (Å²) in [5, 5.41) is 13.5. The van der Waals surface area contributed by atoms with E-state index in [1.54, 1.807) is 17.4 Å². The maximum atomic E-state index is 13.9. The minimum Gasteiger partial charge on any atom is -0.391 e. The van der Waals surface area contributed by atoms with Crippen LogP contribution in [0.5, 0.6) is 0 Å². The molecule has 2 aromatic rings. The third kappa shape index (κ3) is 3.54. The summed E-state index contributed by atoms with van der Waals surface area (Å²) in [5.74, 6) is -0.190. The van der Waals surface area contributed by atoms with Gasteiger partial charge in [-0.15, -0.1) is 11.3 Å². The van der Waals surface area contributed by atoms with Crippen molar-refractivity contribution in [2.24, 2.45) is 0 Å². The minimum absolute atomic E-state index is 0.0485. The van der Waals surface area contributed by atoms with Gasteiger partial charge in [-0.1, -0.05) is 18.2 Å². The van der Waals surface area contributed by atoms with E-state index in [-0.39, 0.29) is 11.9 Å². The van der Waals surface area contributed by atoms with Crippen LogP contribution in [0.2, 0.25) is 0 Å². The summed E-state index contributed by atoms with van der Waals surface area (Å²) >= 11 is 1.64. The van der Waals surface area contributed by atoms with Crippen molar-refractivity contribution in [3.63, 3.8) is 0 Å². The molecule has 2 heterocycles. The van der Waals surface area contributed by atoms with Gasteiger partial charge in [-0.05, 0) is 44.4 Å². The van der Waals surface area contributed by atoms with Crippen LogP contribution in [0, 0.1) is 12.7 Å². The number of aromatic nitrogens is 1. The highest BCUT2D eigenvalue weighted by Crippen LogP contribution is 2.24. The molecular weight excluding hydrogens is 299 g/mol. The number of halogens is 1. The second kappa shape index (κ2) is 6.86. The van der Waals surface area contributed by atoms with E-state index in [9.17, 15) is 9.50 Å². The van der Waals surface area contributed by atoms with E-state index in [2.05, 4.69) is 15.3 Å². The Bertz CT molecular complexity index is 631. The van der Waals surface area contributed by atoms with Crippen LogP contribution in [0.1, 0.15) is 29.1 Å². The second-order valence-electron chi connectivity index (χ2n) is 5.90. The van der Waals surface area contributed by atoms with Crippen LogP contribution in [0.25, 0.3) is 0 Å². The summed E-state index contributed by atoms with van der Waals surface area (Å²) < 4.78 is 13.9. The first-order valence-corrected chi connectivity index (χ1v) is 8.58. The van der Waals surface area contributed by atoms with Gasteiger partial charge in [0.25, 0.3) is 0 Å².